The molecule has 0 aliphatic heterocycles. The Kier molecular flexibility index (Phi) is 6.48. The standard InChI is InChI=1S/C14H24N2O/c1-4-16(5-2)12-11-15-13-9-7-8-10-14(13)17-6-3/h7-10,15H,4-6,11-12H2,1-3H3. The topological polar surface area (TPSA) is 24.5 Å². The van der Waals surface area contributed by atoms with E-state index in [0.717, 1.165) is 37.6 Å². The molecular formula is C14H24N2O. The van der Waals surface area contributed by atoms with Gasteiger partial charge in [-0.05, 0) is 32.1 Å². The number of rotatable bonds is 8. The first-order chi connectivity index (χ1) is 8.31. The van der Waals surface area contributed by atoms with Crippen LogP contribution in [0.15, 0.2) is 24.3 Å². The van der Waals surface area contributed by atoms with Crippen LogP contribution in [0.1, 0.15) is 20.8 Å². The minimum Gasteiger partial charge on any atom is -0.492 e. The number of hydrogen-bond acceptors (Lipinski definition) is 3. The molecule has 0 aliphatic carbocycles. The van der Waals surface area contributed by atoms with Crippen molar-refractivity contribution in [2.24, 2.45) is 0 Å². The highest BCUT2D eigenvalue weighted by molar-refractivity contribution is 5.56. The van der Waals surface area contributed by atoms with Crippen molar-refractivity contribution in [2.45, 2.75) is 20.8 Å². The molecule has 0 heterocycles. The predicted octanol–water partition coefficient (Wildman–Crippen LogP) is 2.84. The number of ether oxygens (including phenoxy) is 1. The van der Waals surface area contributed by atoms with Gasteiger partial charge in [0.15, 0.2) is 0 Å². The molecule has 0 saturated heterocycles. The van der Waals surface area contributed by atoms with Crippen LogP contribution in [-0.2, 0) is 0 Å². The quantitative estimate of drug-likeness (QED) is 0.751. The third kappa shape index (κ3) is 4.65. The second-order valence-corrected chi connectivity index (χ2v) is 3.88. The molecule has 17 heavy (non-hydrogen) atoms. The summed E-state index contributed by atoms with van der Waals surface area (Å²) in [5.74, 6) is 0.939. The lowest BCUT2D eigenvalue weighted by atomic mass is 10.3. The van der Waals surface area contributed by atoms with Gasteiger partial charge in [0, 0.05) is 13.1 Å². The normalized spacial score (nSPS) is 10.6. The van der Waals surface area contributed by atoms with Gasteiger partial charge in [-0.3, -0.25) is 0 Å². The van der Waals surface area contributed by atoms with Gasteiger partial charge in [-0.25, -0.2) is 0 Å². The van der Waals surface area contributed by atoms with Crippen LogP contribution in [0.3, 0.4) is 0 Å². The van der Waals surface area contributed by atoms with Crippen molar-refractivity contribution in [3.63, 3.8) is 0 Å². The molecule has 0 amide bonds. The van der Waals surface area contributed by atoms with Crippen molar-refractivity contribution >= 4 is 5.69 Å². The summed E-state index contributed by atoms with van der Waals surface area (Å²) in [6, 6.07) is 8.10. The van der Waals surface area contributed by atoms with Crippen molar-refractivity contribution in [3.8, 4) is 5.75 Å². The smallest absolute Gasteiger partial charge is 0.142 e. The Labute approximate surface area is 105 Å². The first-order valence-corrected chi connectivity index (χ1v) is 6.49. The largest absolute Gasteiger partial charge is 0.492 e. The van der Waals surface area contributed by atoms with Gasteiger partial charge in [-0.15, -0.1) is 0 Å². The Balaban J connectivity index is 2.45. The van der Waals surface area contributed by atoms with Crippen molar-refractivity contribution in [1.82, 2.24) is 4.90 Å². The minimum atomic E-state index is 0.703. The van der Waals surface area contributed by atoms with Crippen LogP contribution < -0.4 is 10.1 Å². The summed E-state index contributed by atoms with van der Waals surface area (Å²) in [7, 11) is 0. The van der Waals surface area contributed by atoms with Gasteiger partial charge in [0.05, 0.1) is 12.3 Å². The molecule has 96 valence electrons. The van der Waals surface area contributed by atoms with Crippen LogP contribution in [0.5, 0.6) is 5.75 Å². The number of nitrogens with one attached hydrogen (secondary N) is 1. The molecule has 0 aliphatic rings. The Hall–Kier alpha value is -1.22. The molecular weight excluding hydrogens is 212 g/mol. The van der Waals surface area contributed by atoms with Crippen LogP contribution in [0.2, 0.25) is 0 Å². The van der Waals surface area contributed by atoms with E-state index in [-0.39, 0.29) is 0 Å². The summed E-state index contributed by atoms with van der Waals surface area (Å²) in [6.07, 6.45) is 0. The lowest BCUT2D eigenvalue weighted by molar-refractivity contribution is 0.315. The van der Waals surface area contributed by atoms with Crippen molar-refractivity contribution < 1.29 is 4.74 Å². The monoisotopic (exact) mass is 236 g/mol. The highest BCUT2D eigenvalue weighted by atomic mass is 16.5. The fraction of sp³-hybridized carbons (Fsp3) is 0.571. The molecule has 0 atom stereocenters. The zero-order valence-corrected chi connectivity index (χ0v) is 11.2. The third-order valence-corrected chi connectivity index (χ3v) is 2.82. The van der Waals surface area contributed by atoms with E-state index in [0.29, 0.717) is 6.61 Å². The number of hydrogen-bond donors (Lipinski definition) is 1. The molecule has 3 heteroatoms. The average Bonchev–Trinajstić information content (AvgIpc) is 2.37. The molecule has 0 aromatic heterocycles. The maximum absolute atomic E-state index is 5.57. The lowest BCUT2D eigenvalue weighted by Gasteiger charge is -2.19. The van der Waals surface area contributed by atoms with Crippen LogP contribution >= 0.6 is 0 Å². The van der Waals surface area contributed by atoms with Crippen LogP contribution in [0, 0.1) is 0 Å². The van der Waals surface area contributed by atoms with E-state index >= 15 is 0 Å². The Morgan fingerprint density at radius 3 is 2.47 bits per heavy atom. The highest BCUT2D eigenvalue weighted by Gasteiger charge is 2.02. The van der Waals surface area contributed by atoms with Crippen LogP contribution in [0.4, 0.5) is 5.69 Å². The first kappa shape index (κ1) is 13.8. The highest BCUT2D eigenvalue weighted by Crippen LogP contribution is 2.23. The third-order valence-electron chi connectivity index (χ3n) is 2.82. The summed E-state index contributed by atoms with van der Waals surface area (Å²) in [4.78, 5) is 2.40. The maximum Gasteiger partial charge on any atom is 0.142 e. The summed E-state index contributed by atoms with van der Waals surface area (Å²) >= 11 is 0. The predicted molar refractivity (Wildman–Crippen MR) is 73.9 cm³/mol. The molecule has 0 fully saturated rings. The molecule has 3 nitrogen and oxygen atoms in total. The Morgan fingerprint density at radius 2 is 1.82 bits per heavy atom. The van der Waals surface area contributed by atoms with Crippen LogP contribution in [0.25, 0.3) is 0 Å². The molecule has 1 N–H and O–H groups in total. The van der Waals surface area contributed by atoms with E-state index < -0.39 is 0 Å². The molecule has 1 rings (SSSR count). The first-order valence-electron chi connectivity index (χ1n) is 6.49. The molecule has 0 spiro atoms. The van der Waals surface area contributed by atoms with Gasteiger partial charge in [0.1, 0.15) is 5.75 Å². The van der Waals surface area contributed by atoms with E-state index in [1.807, 2.05) is 25.1 Å². The van der Waals surface area contributed by atoms with Gasteiger partial charge in [-0.1, -0.05) is 26.0 Å². The number of likely N-dealkylation sites (N-methyl/N-ethyl adjacent to an activating group) is 1. The summed E-state index contributed by atoms with van der Waals surface area (Å²) in [5, 5.41) is 3.43. The lowest BCUT2D eigenvalue weighted by Crippen LogP contribution is -2.28. The van der Waals surface area contributed by atoms with Gasteiger partial charge in [-0.2, -0.15) is 0 Å². The average molecular weight is 236 g/mol. The number of anilines is 1. The summed E-state index contributed by atoms with van der Waals surface area (Å²) in [5.41, 5.74) is 1.08. The van der Waals surface area contributed by atoms with E-state index in [2.05, 4.69) is 30.1 Å². The summed E-state index contributed by atoms with van der Waals surface area (Å²) in [6.45, 7) is 11.3. The Bertz CT molecular complexity index is 311. The van der Waals surface area contributed by atoms with E-state index in [9.17, 15) is 0 Å². The van der Waals surface area contributed by atoms with E-state index in [1.165, 1.54) is 0 Å². The van der Waals surface area contributed by atoms with Crippen molar-refractivity contribution in [3.05, 3.63) is 24.3 Å². The van der Waals surface area contributed by atoms with E-state index in [4.69, 9.17) is 4.74 Å². The minimum absolute atomic E-state index is 0.703. The molecule has 1 aromatic rings. The fourth-order valence-corrected chi connectivity index (χ4v) is 1.78. The molecule has 0 saturated carbocycles. The molecule has 0 unspecified atom stereocenters. The molecule has 1 aromatic carbocycles. The second-order valence-electron chi connectivity index (χ2n) is 3.88. The zero-order valence-electron chi connectivity index (χ0n) is 11.2. The number of para-hydroxylation sites is 2. The number of nitrogens with zero attached hydrogens (tertiary/aromatic N) is 1. The summed E-state index contributed by atoms with van der Waals surface area (Å²) < 4.78 is 5.57. The van der Waals surface area contributed by atoms with Gasteiger partial charge >= 0.3 is 0 Å². The number of benzene rings is 1. The second kappa shape index (κ2) is 7.96. The van der Waals surface area contributed by atoms with Gasteiger partial charge in [0.2, 0.25) is 0 Å². The van der Waals surface area contributed by atoms with E-state index in [1.54, 1.807) is 0 Å². The zero-order chi connectivity index (χ0) is 12.5. The van der Waals surface area contributed by atoms with Crippen molar-refractivity contribution in [1.29, 1.82) is 0 Å². The van der Waals surface area contributed by atoms with Crippen molar-refractivity contribution in [2.75, 3.05) is 38.1 Å². The van der Waals surface area contributed by atoms with Crippen LogP contribution in [-0.4, -0.2) is 37.7 Å². The molecule has 0 radical (unpaired) electrons. The molecule has 0 bridgehead atoms. The van der Waals surface area contributed by atoms with Gasteiger partial charge < -0.3 is 15.0 Å². The SMILES string of the molecule is CCOc1ccccc1NCCN(CC)CC. The maximum atomic E-state index is 5.57. The fourth-order valence-electron chi connectivity index (χ4n) is 1.78. The Morgan fingerprint density at radius 1 is 1.12 bits per heavy atom. The van der Waals surface area contributed by atoms with Gasteiger partial charge in [0.25, 0.3) is 0 Å².